The van der Waals surface area contributed by atoms with Gasteiger partial charge in [-0.3, -0.25) is 0 Å². The molecule has 1 aromatic heterocycles. The maximum absolute atomic E-state index is 13.3. The van der Waals surface area contributed by atoms with E-state index in [1.165, 1.54) is 6.07 Å². The molecule has 2 N–H and O–H groups in total. The Bertz CT molecular complexity index is 580. The van der Waals surface area contributed by atoms with E-state index in [2.05, 4.69) is 20.9 Å². The number of aromatic nitrogens is 1. The van der Waals surface area contributed by atoms with E-state index in [0.29, 0.717) is 15.2 Å². The molecular weight excluding hydrogens is 322 g/mol. The monoisotopic (exact) mass is 330 g/mol. The first-order valence-electron chi connectivity index (χ1n) is 5.08. The molecule has 0 spiro atoms. The van der Waals surface area contributed by atoms with Crippen LogP contribution in [-0.2, 0) is 6.54 Å². The minimum Gasteiger partial charge on any atom is -0.437 e. The molecule has 2 aromatic rings. The van der Waals surface area contributed by atoms with Crippen LogP contribution >= 0.6 is 27.5 Å². The van der Waals surface area contributed by atoms with E-state index in [1.807, 2.05) is 0 Å². The average molecular weight is 332 g/mol. The molecule has 0 bridgehead atoms. The van der Waals surface area contributed by atoms with Crippen molar-refractivity contribution >= 4 is 27.5 Å². The summed E-state index contributed by atoms with van der Waals surface area (Å²) in [6.45, 7) is 0.284. The fourth-order valence-electron chi connectivity index (χ4n) is 1.34. The van der Waals surface area contributed by atoms with Crippen molar-refractivity contribution < 1.29 is 9.13 Å². The summed E-state index contributed by atoms with van der Waals surface area (Å²) in [6, 6.07) is 6.11. The third-order valence-electron chi connectivity index (χ3n) is 2.26. The predicted molar refractivity (Wildman–Crippen MR) is 71.3 cm³/mol. The Morgan fingerprint density at radius 2 is 2.17 bits per heavy atom. The second-order valence-electron chi connectivity index (χ2n) is 3.47. The molecule has 0 aliphatic heterocycles. The van der Waals surface area contributed by atoms with Crippen LogP contribution in [0.2, 0.25) is 5.02 Å². The van der Waals surface area contributed by atoms with E-state index in [-0.39, 0.29) is 12.4 Å². The van der Waals surface area contributed by atoms with Gasteiger partial charge in [0.2, 0.25) is 5.88 Å². The molecule has 0 unspecified atom stereocenters. The summed E-state index contributed by atoms with van der Waals surface area (Å²) >= 11 is 9.12. The van der Waals surface area contributed by atoms with Crippen LogP contribution in [0.4, 0.5) is 4.39 Å². The standard InChI is InChI=1S/C12H9BrClFN2O/c13-9-2-1-8(5-10(9)15)18-12-11(14)7(6-16)3-4-17-12/h1-5H,6,16H2. The van der Waals surface area contributed by atoms with Gasteiger partial charge in [-0.25, -0.2) is 9.37 Å². The molecule has 1 heterocycles. The maximum Gasteiger partial charge on any atom is 0.238 e. The Balaban J connectivity index is 2.31. The molecule has 18 heavy (non-hydrogen) atoms. The number of halogens is 3. The topological polar surface area (TPSA) is 48.1 Å². The van der Waals surface area contributed by atoms with Crippen molar-refractivity contribution in [2.45, 2.75) is 6.54 Å². The number of rotatable bonds is 3. The Morgan fingerprint density at radius 3 is 2.83 bits per heavy atom. The van der Waals surface area contributed by atoms with Gasteiger partial charge in [0.1, 0.15) is 16.6 Å². The van der Waals surface area contributed by atoms with Gasteiger partial charge in [-0.05, 0) is 39.7 Å². The summed E-state index contributed by atoms with van der Waals surface area (Å²) in [6.07, 6.45) is 1.54. The van der Waals surface area contributed by atoms with Crippen LogP contribution < -0.4 is 10.5 Å². The number of hydrogen-bond donors (Lipinski definition) is 1. The van der Waals surface area contributed by atoms with Gasteiger partial charge in [-0.15, -0.1) is 0 Å². The first-order chi connectivity index (χ1) is 8.61. The van der Waals surface area contributed by atoms with Crippen LogP contribution in [0.25, 0.3) is 0 Å². The van der Waals surface area contributed by atoms with Gasteiger partial charge in [0.15, 0.2) is 0 Å². The highest BCUT2D eigenvalue weighted by Crippen LogP contribution is 2.31. The van der Waals surface area contributed by atoms with E-state index in [4.69, 9.17) is 22.1 Å². The minimum absolute atomic E-state index is 0.210. The molecule has 0 saturated carbocycles. The van der Waals surface area contributed by atoms with Crippen LogP contribution in [0.15, 0.2) is 34.9 Å². The van der Waals surface area contributed by atoms with Gasteiger partial charge in [-0.1, -0.05) is 11.6 Å². The molecule has 2 rings (SSSR count). The zero-order valence-corrected chi connectivity index (χ0v) is 11.5. The Labute approximate surface area is 117 Å². The fraction of sp³-hybridized carbons (Fsp3) is 0.0833. The van der Waals surface area contributed by atoms with Crippen molar-refractivity contribution in [2.75, 3.05) is 0 Å². The third kappa shape index (κ3) is 2.80. The summed E-state index contributed by atoms with van der Waals surface area (Å²) in [5.41, 5.74) is 6.24. The van der Waals surface area contributed by atoms with Crippen molar-refractivity contribution in [3.63, 3.8) is 0 Å². The lowest BCUT2D eigenvalue weighted by Crippen LogP contribution is -1.99. The number of ether oxygens (including phenoxy) is 1. The van der Waals surface area contributed by atoms with Crippen molar-refractivity contribution in [3.8, 4) is 11.6 Å². The number of nitrogens with zero attached hydrogens (tertiary/aromatic N) is 1. The first kappa shape index (κ1) is 13.3. The minimum atomic E-state index is -0.418. The fourth-order valence-corrected chi connectivity index (χ4v) is 1.82. The van der Waals surface area contributed by atoms with Crippen molar-refractivity contribution in [3.05, 3.63) is 51.3 Å². The second-order valence-corrected chi connectivity index (χ2v) is 4.70. The van der Waals surface area contributed by atoms with Crippen LogP contribution in [0.3, 0.4) is 0 Å². The van der Waals surface area contributed by atoms with Crippen LogP contribution in [0, 0.1) is 5.82 Å². The highest BCUT2D eigenvalue weighted by molar-refractivity contribution is 9.10. The molecule has 94 valence electrons. The number of pyridine rings is 1. The van der Waals surface area contributed by atoms with Crippen LogP contribution in [-0.4, -0.2) is 4.98 Å². The van der Waals surface area contributed by atoms with Gasteiger partial charge in [0.05, 0.1) is 4.47 Å². The molecule has 6 heteroatoms. The lowest BCUT2D eigenvalue weighted by molar-refractivity contribution is 0.457. The number of nitrogens with two attached hydrogens (primary N) is 1. The molecule has 3 nitrogen and oxygen atoms in total. The molecule has 0 amide bonds. The van der Waals surface area contributed by atoms with Gasteiger partial charge in [0, 0.05) is 18.8 Å². The van der Waals surface area contributed by atoms with E-state index in [9.17, 15) is 4.39 Å². The molecule has 0 fully saturated rings. The average Bonchev–Trinajstić information content (AvgIpc) is 2.36. The first-order valence-corrected chi connectivity index (χ1v) is 6.25. The van der Waals surface area contributed by atoms with Gasteiger partial charge in [0.25, 0.3) is 0 Å². The molecule has 0 radical (unpaired) electrons. The smallest absolute Gasteiger partial charge is 0.238 e. The zero-order valence-electron chi connectivity index (χ0n) is 9.16. The lowest BCUT2D eigenvalue weighted by Gasteiger charge is -2.09. The normalized spacial score (nSPS) is 10.4. The molecule has 0 aliphatic rings. The quantitative estimate of drug-likeness (QED) is 0.928. The number of benzene rings is 1. The maximum atomic E-state index is 13.3. The summed E-state index contributed by atoms with van der Waals surface area (Å²) in [5.74, 6) is 0.110. The van der Waals surface area contributed by atoms with E-state index in [1.54, 1.807) is 24.4 Å². The van der Waals surface area contributed by atoms with Gasteiger partial charge in [-0.2, -0.15) is 0 Å². The summed E-state index contributed by atoms with van der Waals surface area (Å²) in [7, 11) is 0. The summed E-state index contributed by atoms with van der Waals surface area (Å²) < 4.78 is 19.1. The van der Waals surface area contributed by atoms with Gasteiger partial charge < -0.3 is 10.5 Å². The highest BCUT2D eigenvalue weighted by Gasteiger charge is 2.10. The highest BCUT2D eigenvalue weighted by atomic mass is 79.9. The number of hydrogen-bond acceptors (Lipinski definition) is 3. The van der Waals surface area contributed by atoms with Crippen LogP contribution in [0.1, 0.15) is 5.56 Å². The van der Waals surface area contributed by atoms with Crippen molar-refractivity contribution in [2.24, 2.45) is 5.73 Å². The Morgan fingerprint density at radius 1 is 1.39 bits per heavy atom. The lowest BCUT2D eigenvalue weighted by atomic mass is 10.2. The molecule has 1 aromatic carbocycles. The van der Waals surface area contributed by atoms with Gasteiger partial charge >= 0.3 is 0 Å². The second kappa shape index (κ2) is 5.65. The summed E-state index contributed by atoms with van der Waals surface area (Å²) in [4.78, 5) is 3.99. The molecule has 0 saturated heterocycles. The SMILES string of the molecule is NCc1ccnc(Oc2ccc(Br)c(F)c2)c1Cl. The predicted octanol–water partition coefficient (Wildman–Crippen LogP) is 3.89. The van der Waals surface area contributed by atoms with E-state index >= 15 is 0 Å². The van der Waals surface area contributed by atoms with E-state index in [0.717, 1.165) is 5.56 Å². The van der Waals surface area contributed by atoms with E-state index < -0.39 is 5.82 Å². The van der Waals surface area contributed by atoms with Crippen molar-refractivity contribution in [1.82, 2.24) is 4.98 Å². The van der Waals surface area contributed by atoms with Crippen molar-refractivity contribution in [1.29, 1.82) is 0 Å². The molecule has 0 aliphatic carbocycles. The zero-order chi connectivity index (χ0) is 13.1. The molecule has 0 atom stereocenters. The Kier molecular flexibility index (Phi) is 4.16. The van der Waals surface area contributed by atoms with Crippen LogP contribution in [0.5, 0.6) is 11.6 Å². The third-order valence-corrected chi connectivity index (χ3v) is 3.31. The Hall–Kier alpha value is -1.17. The summed E-state index contributed by atoms with van der Waals surface area (Å²) in [5, 5.41) is 0.336. The largest absolute Gasteiger partial charge is 0.437 e. The molecular formula is C12H9BrClFN2O.